The molecule has 24 heavy (non-hydrogen) atoms. The van der Waals surface area contributed by atoms with Gasteiger partial charge in [0.05, 0.1) is 5.56 Å². The van der Waals surface area contributed by atoms with Crippen LogP contribution in [0.15, 0.2) is 59.4 Å². The van der Waals surface area contributed by atoms with Crippen molar-refractivity contribution in [2.45, 2.75) is 13.8 Å². The van der Waals surface area contributed by atoms with Gasteiger partial charge in [-0.05, 0) is 43.7 Å². The fraction of sp³-hybridized carbons (Fsp3) is 0.200. The van der Waals surface area contributed by atoms with E-state index in [0.717, 1.165) is 22.6 Å². The molecule has 0 bridgehead atoms. The summed E-state index contributed by atoms with van der Waals surface area (Å²) >= 11 is 0. The Bertz CT molecular complexity index is 910. The molecule has 0 aliphatic rings. The minimum atomic E-state index is -0.183. The standard InChI is InChI=1S/C20H21N3O/c1-14-19(16-8-6-5-7-9-16)20(24)21-15(2)23(14)18-12-10-17(11-13-18)22(3)4/h5-13H,1-4H3. The Hall–Kier alpha value is -2.88. The van der Waals surface area contributed by atoms with E-state index >= 15 is 0 Å². The molecule has 1 aromatic heterocycles. The predicted molar refractivity (Wildman–Crippen MR) is 99.1 cm³/mol. The van der Waals surface area contributed by atoms with E-state index in [1.807, 2.05) is 62.8 Å². The molecule has 0 spiro atoms. The highest BCUT2D eigenvalue weighted by Crippen LogP contribution is 2.23. The van der Waals surface area contributed by atoms with Crippen molar-refractivity contribution in [3.8, 4) is 16.8 Å². The van der Waals surface area contributed by atoms with Crippen molar-refractivity contribution in [1.82, 2.24) is 9.55 Å². The summed E-state index contributed by atoms with van der Waals surface area (Å²) in [6.07, 6.45) is 0. The second-order valence-electron chi connectivity index (χ2n) is 6.04. The molecule has 4 nitrogen and oxygen atoms in total. The third-order valence-electron chi connectivity index (χ3n) is 4.18. The predicted octanol–water partition coefficient (Wildman–Crippen LogP) is 3.58. The second kappa shape index (κ2) is 6.32. The highest BCUT2D eigenvalue weighted by atomic mass is 16.1. The van der Waals surface area contributed by atoms with Crippen LogP contribution in [0.2, 0.25) is 0 Å². The first kappa shape index (κ1) is 16.0. The lowest BCUT2D eigenvalue weighted by Gasteiger charge is -2.18. The third-order valence-corrected chi connectivity index (χ3v) is 4.18. The lowest BCUT2D eigenvalue weighted by molar-refractivity contribution is 0.856. The summed E-state index contributed by atoms with van der Waals surface area (Å²) in [5, 5.41) is 0. The molecule has 0 atom stereocenters. The van der Waals surface area contributed by atoms with Crippen molar-refractivity contribution in [3.63, 3.8) is 0 Å². The van der Waals surface area contributed by atoms with Gasteiger partial charge < -0.3 is 9.47 Å². The first-order valence-electron chi connectivity index (χ1n) is 7.92. The van der Waals surface area contributed by atoms with Crippen LogP contribution in [0, 0.1) is 13.8 Å². The van der Waals surface area contributed by atoms with Gasteiger partial charge >= 0.3 is 0 Å². The molecule has 0 saturated heterocycles. The molecular formula is C20H21N3O. The van der Waals surface area contributed by atoms with Crippen LogP contribution < -0.4 is 10.5 Å². The van der Waals surface area contributed by atoms with Crippen molar-refractivity contribution >= 4 is 5.69 Å². The number of rotatable bonds is 3. The minimum absolute atomic E-state index is 0.183. The van der Waals surface area contributed by atoms with E-state index in [1.165, 1.54) is 0 Å². The van der Waals surface area contributed by atoms with Gasteiger partial charge in [-0.1, -0.05) is 30.3 Å². The topological polar surface area (TPSA) is 38.1 Å². The van der Waals surface area contributed by atoms with Crippen LogP contribution in [0.5, 0.6) is 0 Å². The minimum Gasteiger partial charge on any atom is -0.378 e. The van der Waals surface area contributed by atoms with Gasteiger partial charge in [-0.2, -0.15) is 4.98 Å². The summed E-state index contributed by atoms with van der Waals surface area (Å²) in [7, 11) is 4.03. The molecule has 4 heteroatoms. The van der Waals surface area contributed by atoms with Crippen molar-refractivity contribution in [2.75, 3.05) is 19.0 Å². The summed E-state index contributed by atoms with van der Waals surface area (Å²) in [5.74, 6) is 0.690. The van der Waals surface area contributed by atoms with Gasteiger partial charge in [0.25, 0.3) is 5.56 Å². The maximum absolute atomic E-state index is 12.5. The zero-order valence-electron chi connectivity index (χ0n) is 14.4. The average molecular weight is 319 g/mol. The van der Waals surface area contributed by atoms with Gasteiger partial charge in [0.2, 0.25) is 0 Å². The summed E-state index contributed by atoms with van der Waals surface area (Å²) < 4.78 is 2.03. The second-order valence-corrected chi connectivity index (χ2v) is 6.04. The lowest BCUT2D eigenvalue weighted by atomic mass is 10.1. The number of benzene rings is 2. The summed E-state index contributed by atoms with van der Waals surface area (Å²) in [5.41, 5.74) is 4.39. The SMILES string of the molecule is Cc1nc(=O)c(-c2ccccc2)c(C)n1-c1ccc(N(C)C)cc1. The van der Waals surface area contributed by atoms with E-state index in [9.17, 15) is 4.79 Å². The van der Waals surface area contributed by atoms with E-state index in [0.29, 0.717) is 11.4 Å². The number of aromatic nitrogens is 2. The Labute approximate surface area is 142 Å². The highest BCUT2D eigenvalue weighted by Gasteiger charge is 2.14. The van der Waals surface area contributed by atoms with Crippen LogP contribution >= 0.6 is 0 Å². The zero-order chi connectivity index (χ0) is 17.3. The highest BCUT2D eigenvalue weighted by molar-refractivity contribution is 5.66. The lowest BCUT2D eigenvalue weighted by Crippen LogP contribution is -2.20. The molecule has 122 valence electrons. The Balaban J connectivity index is 2.20. The van der Waals surface area contributed by atoms with Gasteiger partial charge in [0.15, 0.2) is 0 Å². The van der Waals surface area contributed by atoms with Gasteiger partial charge in [-0.3, -0.25) is 4.79 Å². The number of nitrogens with zero attached hydrogens (tertiary/aromatic N) is 3. The molecule has 1 heterocycles. The molecule has 0 unspecified atom stereocenters. The quantitative estimate of drug-likeness (QED) is 0.740. The van der Waals surface area contributed by atoms with Crippen molar-refractivity contribution < 1.29 is 0 Å². The average Bonchev–Trinajstić information content (AvgIpc) is 2.56. The molecule has 0 amide bonds. The molecule has 0 fully saturated rings. The fourth-order valence-electron chi connectivity index (χ4n) is 2.98. The Kier molecular flexibility index (Phi) is 4.21. The van der Waals surface area contributed by atoms with Crippen LogP contribution in [0.4, 0.5) is 5.69 Å². The first-order valence-corrected chi connectivity index (χ1v) is 7.92. The van der Waals surface area contributed by atoms with Crippen molar-refractivity contribution in [1.29, 1.82) is 0 Å². The maximum atomic E-state index is 12.5. The van der Waals surface area contributed by atoms with Crippen LogP contribution in [0.1, 0.15) is 11.5 Å². The van der Waals surface area contributed by atoms with Crippen LogP contribution in [0.3, 0.4) is 0 Å². The van der Waals surface area contributed by atoms with E-state index in [-0.39, 0.29) is 5.56 Å². The number of hydrogen-bond donors (Lipinski definition) is 0. The first-order chi connectivity index (χ1) is 11.5. The number of anilines is 1. The molecule has 3 aromatic rings. The normalized spacial score (nSPS) is 10.7. The molecule has 3 rings (SSSR count). The fourth-order valence-corrected chi connectivity index (χ4v) is 2.98. The van der Waals surface area contributed by atoms with E-state index < -0.39 is 0 Å². The molecule has 0 aliphatic heterocycles. The molecule has 0 aliphatic carbocycles. The van der Waals surface area contributed by atoms with Gasteiger partial charge in [0, 0.05) is 31.2 Å². The summed E-state index contributed by atoms with van der Waals surface area (Å²) in [6, 6.07) is 17.9. The van der Waals surface area contributed by atoms with Crippen molar-refractivity contribution in [2.24, 2.45) is 0 Å². The molecule has 0 N–H and O–H groups in total. The molecule has 0 saturated carbocycles. The molecule has 2 aromatic carbocycles. The zero-order valence-corrected chi connectivity index (χ0v) is 14.4. The van der Waals surface area contributed by atoms with Gasteiger partial charge in [-0.15, -0.1) is 0 Å². The van der Waals surface area contributed by atoms with Crippen LogP contribution in [0.25, 0.3) is 16.8 Å². The van der Waals surface area contributed by atoms with E-state index in [4.69, 9.17) is 0 Å². The van der Waals surface area contributed by atoms with E-state index in [1.54, 1.807) is 0 Å². The Morgan fingerprint density at radius 1 is 0.917 bits per heavy atom. The molecular weight excluding hydrogens is 298 g/mol. The maximum Gasteiger partial charge on any atom is 0.281 e. The number of aryl methyl sites for hydroxylation is 1. The largest absolute Gasteiger partial charge is 0.378 e. The van der Waals surface area contributed by atoms with E-state index in [2.05, 4.69) is 34.1 Å². The third kappa shape index (κ3) is 2.83. The summed E-state index contributed by atoms with van der Waals surface area (Å²) in [6.45, 7) is 3.83. The van der Waals surface area contributed by atoms with Crippen LogP contribution in [-0.4, -0.2) is 23.6 Å². The van der Waals surface area contributed by atoms with Crippen LogP contribution in [-0.2, 0) is 0 Å². The number of hydrogen-bond acceptors (Lipinski definition) is 3. The summed E-state index contributed by atoms with van der Waals surface area (Å²) in [4.78, 5) is 18.8. The van der Waals surface area contributed by atoms with Crippen molar-refractivity contribution in [3.05, 3.63) is 76.5 Å². The monoisotopic (exact) mass is 319 g/mol. The Morgan fingerprint density at radius 2 is 1.54 bits per heavy atom. The van der Waals surface area contributed by atoms with Gasteiger partial charge in [0.1, 0.15) is 5.82 Å². The smallest absolute Gasteiger partial charge is 0.281 e. The molecule has 0 radical (unpaired) electrons. The van der Waals surface area contributed by atoms with Gasteiger partial charge in [-0.25, -0.2) is 0 Å². The Morgan fingerprint density at radius 3 is 2.12 bits per heavy atom.